The van der Waals surface area contributed by atoms with Gasteiger partial charge in [0.05, 0.1) is 13.2 Å². The summed E-state index contributed by atoms with van der Waals surface area (Å²) in [6, 6.07) is 8.26. The van der Waals surface area contributed by atoms with Crippen LogP contribution in [0.5, 0.6) is 5.75 Å². The van der Waals surface area contributed by atoms with Crippen molar-refractivity contribution < 1.29 is 9.84 Å². The average Bonchev–Trinajstić information content (AvgIpc) is 2.47. The van der Waals surface area contributed by atoms with E-state index in [-0.39, 0.29) is 0 Å². The Morgan fingerprint density at radius 2 is 2.10 bits per heavy atom. The van der Waals surface area contributed by atoms with Gasteiger partial charge in [0, 0.05) is 37.8 Å². The Morgan fingerprint density at radius 1 is 1.35 bits per heavy atom. The van der Waals surface area contributed by atoms with E-state index in [1.165, 1.54) is 0 Å². The number of hydrogen-bond donors (Lipinski definition) is 1. The minimum Gasteiger partial charge on any atom is -0.496 e. The SMILES string of the molecule is CCN1CCN(CC(O)c2ccccc2OC)CC1C. The molecule has 1 fully saturated rings. The van der Waals surface area contributed by atoms with Crippen LogP contribution in [0.3, 0.4) is 0 Å². The Labute approximate surface area is 122 Å². The van der Waals surface area contributed by atoms with Crippen LogP contribution in [0.4, 0.5) is 0 Å². The van der Waals surface area contributed by atoms with Crippen LogP contribution in [0, 0.1) is 0 Å². The zero-order valence-electron chi connectivity index (χ0n) is 12.7. The lowest BCUT2D eigenvalue weighted by Crippen LogP contribution is -2.52. The van der Waals surface area contributed by atoms with E-state index < -0.39 is 6.10 Å². The molecule has 2 rings (SSSR count). The number of aliphatic hydroxyl groups excluding tert-OH is 1. The molecule has 0 saturated carbocycles. The van der Waals surface area contributed by atoms with Crippen LogP contribution in [-0.2, 0) is 0 Å². The molecule has 2 atom stereocenters. The molecule has 1 N–H and O–H groups in total. The van der Waals surface area contributed by atoms with Crippen molar-refractivity contribution >= 4 is 0 Å². The van der Waals surface area contributed by atoms with Crippen molar-refractivity contribution in [3.8, 4) is 5.75 Å². The van der Waals surface area contributed by atoms with Crippen LogP contribution in [0.25, 0.3) is 0 Å². The molecule has 0 spiro atoms. The third-order valence-electron chi connectivity index (χ3n) is 4.18. The van der Waals surface area contributed by atoms with Gasteiger partial charge >= 0.3 is 0 Å². The van der Waals surface area contributed by atoms with Gasteiger partial charge in [0.25, 0.3) is 0 Å². The first-order valence-electron chi connectivity index (χ1n) is 7.43. The second-order valence-corrected chi connectivity index (χ2v) is 5.49. The number of nitrogens with zero attached hydrogens (tertiary/aromatic N) is 2. The van der Waals surface area contributed by atoms with Crippen molar-refractivity contribution in [3.05, 3.63) is 29.8 Å². The zero-order chi connectivity index (χ0) is 14.5. The summed E-state index contributed by atoms with van der Waals surface area (Å²) in [5, 5.41) is 10.5. The van der Waals surface area contributed by atoms with E-state index >= 15 is 0 Å². The summed E-state index contributed by atoms with van der Waals surface area (Å²) < 4.78 is 5.32. The molecular formula is C16H26N2O2. The number of aliphatic hydroxyl groups is 1. The normalized spacial score (nSPS) is 22.7. The lowest BCUT2D eigenvalue weighted by Gasteiger charge is -2.40. The number of likely N-dealkylation sites (N-methyl/N-ethyl adjacent to an activating group) is 1. The molecule has 0 aromatic heterocycles. The predicted molar refractivity (Wildman–Crippen MR) is 81.1 cm³/mol. The van der Waals surface area contributed by atoms with Crippen LogP contribution in [0.1, 0.15) is 25.5 Å². The Balaban J connectivity index is 1.96. The molecule has 4 heteroatoms. The fourth-order valence-electron chi connectivity index (χ4n) is 2.99. The quantitative estimate of drug-likeness (QED) is 0.890. The van der Waals surface area contributed by atoms with Crippen LogP contribution in [0.15, 0.2) is 24.3 Å². The number of β-amino-alcohol motifs (C(OH)–C–C–N with tert-alkyl or cyclic N) is 1. The summed E-state index contributed by atoms with van der Waals surface area (Å²) in [4.78, 5) is 4.82. The van der Waals surface area contributed by atoms with Gasteiger partial charge in [0.1, 0.15) is 5.75 Å². The number of para-hydroxylation sites is 1. The Hall–Kier alpha value is -1.10. The number of methoxy groups -OCH3 is 1. The van der Waals surface area contributed by atoms with E-state index in [2.05, 4.69) is 23.6 Å². The third-order valence-corrected chi connectivity index (χ3v) is 4.18. The van der Waals surface area contributed by atoms with Crippen LogP contribution in [-0.4, -0.2) is 60.8 Å². The summed E-state index contributed by atoms with van der Waals surface area (Å²) in [6.45, 7) is 9.34. The van der Waals surface area contributed by atoms with E-state index in [1.54, 1.807) is 7.11 Å². The molecule has 1 aliphatic rings. The number of ether oxygens (including phenoxy) is 1. The van der Waals surface area contributed by atoms with Gasteiger partial charge < -0.3 is 9.84 Å². The first-order chi connectivity index (χ1) is 9.65. The highest BCUT2D eigenvalue weighted by molar-refractivity contribution is 5.35. The molecule has 1 aliphatic heterocycles. The maximum atomic E-state index is 10.5. The summed E-state index contributed by atoms with van der Waals surface area (Å²) in [7, 11) is 1.65. The number of piperazine rings is 1. The summed E-state index contributed by atoms with van der Waals surface area (Å²) >= 11 is 0. The maximum absolute atomic E-state index is 10.5. The van der Waals surface area contributed by atoms with Crippen molar-refractivity contribution in [1.82, 2.24) is 9.80 Å². The van der Waals surface area contributed by atoms with Crippen LogP contribution >= 0.6 is 0 Å². The Bertz CT molecular complexity index is 425. The van der Waals surface area contributed by atoms with E-state index in [0.717, 1.165) is 37.5 Å². The van der Waals surface area contributed by atoms with Gasteiger partial charge in [-0.1, -0.05) is 25.1 Å². The van der Waals surface area contributed by atoms with Crippen molar-refractivity contribution in [1.29, 1.82) is 0 Å². The lowest BCUT2D eigenvalue weighted by atomic mass is 10.1. The van der Waals surface area contributed by atoms with Gasteiger partial charge in [-0.3, -0.25) is 9.80 Å². The third kappa shape index (κ3) is 3.51. The fourth-order valence-corrected chi connectivity index (χ4v) is 2.99. The van der Waals surface area contributed by atoms with Gasteiger partial charge in [0.2, 0.25) is 0 Å². The standard InChI is InChI=1S/C16H26N2O2/c1-4-18-10-9-17(11-13(18)2)12-15(19)14-7-5-6-8-16(14)20-3/h5-8,13,15,19H,4,9-12H2,1-3H3. The van der Waals surface area contributed by atoms with Crippen LogP contribution in [0.2, 0.25) is 0 Å². The number of benzene rings is 1. The first-order valence-corrected chi connectivity index (χ1v) is 7.43. The molecule has 112 valence electrons. The largest absolute Gasteiger partial charge is 0.496 e. The first kappa shape index (κ1) is 15.3. The topological polar surface area (TPSA) is 35.9 Å². The molecule has 4 nitrogen and oxygen atoms in total. The minimum absolute atomic E-state index is 0.494. The van der Waals surface area contributed by atoms with E-state index in [9.17, 15) is 5.11 Å². The summed E-state index contributed by atoms with van der Waals surface area (Å²) in [6.07, 6.45) is -0.494. The van der Waals surface area contributed by atoms with Gasteiger partial charge in [-0.05, 0) is 19.5 Å². The van der Waals surface area contributed by atoms with Crippen molar-refractivity contribution in [3.63, 3.8) is 0 Å². The van der Waals surface area contributed by atoms with E-state index in [1.807, 2.05) is 24.3 Å². The number of rotatable bonds is 5. The molecule has 0 bridgehead atoms. The summed E-state index contributed by atoms with van der Waals surface area (Å²) in [5.74, 6) is 0.764. The Morgan fingerprint density at radius 3 is 2.75 bits per heavy atom. The molecule has 1 heterocycles. The van der Waals surface area contributed by atoms with E-state index in [0.29, 0.717) is 12.6 Å². The van der Waals surface area contributed by atoms with Gasteiger partial charge in [-0.25, -0.2) is 0 Å². The second kappa shape index (κ2) is 7.07. The zero-order valence-corrected chi connectivity index (χ0v) is 12.7. The minimum atomic E-state index is -0.494. The van der Waals surface area contributed by atoms with Crippen molar-refractivity contribution in [2.45, 2.75) is 26.0 Å². The van der Waals surface area contributed by atoms with Gasteiger partial charge in [-0.2, -0.15) is 0 Å². The fraction of sp³-hybridized carbons (Fsp3) is 0.625. The molecule has 1 aromatic rings. The van der Waals surface area contributed by atoms with Crippen LogP contribution < -0.4 is 4.74 Å². The van der Waals surface area contributed by atoms with Gasteiger partial charge in [-0.15, -0.1) is 0 Å². The smallest absolute Gasteiger partial charge is 0.124 e. The Kier molecular flexibility index (Phi) is 5.40. The highest BCUT2D eigenvalue weighted by atomic mass is 16.5. The number of hydrogen-bond acceptors (Lipinski definition) is 4. The molecular weight excluding hydrogens is 252 g/mol. The maximum Gasteiger partial charge on any atom is 0.124 e. The van der Waals surface area contributed by atoms with Crippen molar-refractivity contribution in [2.75, 3.05) is 39.8 Å². The van der Waals surface area contributed by atoms with Crippen molar-refractivity contribution in [2.24, 2.45) is 0 Å². The average molecular weight is 278 g/mol. The molecule has 0 radical (unpaired) electrons. The predicted octanol–water partition coefficient (Wildman–Crippen LogP) is 1.75. The molecule has 2 unspecified atom stereocenters. The molecule has 0 amide bonds. The monoisotopic (exact) mass is 278 g/mol. The highest BCUT2D eigenvalue weighted by Crippen LogP contribution is 2.25. The summed E-state index contributed by atoms with van der Waals surface area (Å²) in [5.41, 5.74) is 0.876. The second-order valence-electron chi connectivity index (χ2n) is 5.49. The molecule has 0 aliphatic carbocycles. The lowest BCUT2D eigenvalue weighted by molar-refractivity contribution is 0.0471. The van der Waals surface area contributed by atoms with E-state index in [4.69, 9.17) is 4.74 Å². The van der Waals surface area contributed by atoms with Gasteiger partial charge in [0.15, 0.2) is 0 Å². The molecule has 20 heavy (non-hydrogen) atoms. The molecule has 1 aromatic carbocycles. The highest BCUT2D eigenvalue weighted by Gasteiger charge is 2.24. The molecule has 1 saturated heterocycles.